The largest absolute Gasteiger partial charge is 0.418 e. The van der Waals surface area contributed by atoms with Crippen LogP contribution in [-0.4, -0.2) is 76.8 Å². The van der Waals surface area contributed by atoms with E-state index in [4.69, 9.17) is 0 Å². The van der Waals surface area contributed by atoms with E-state index >= 15 is 0 Å². The number of hydrogen-bond donors (Lipinski definition) is 0. The molecule has 3 aromatic rings. The molecule has 2 aliphatic heterocycles. The van der Waals surface area contributed by atoms with Crippen LogP contribution in [0.15, 0.2) is 29.8 Å². The minimum Gasteiger partial charge on any atom is -0.335 e. The number of hydrogen-bond acceptors (Lipinski definition) is 6. The van der Waals surface area contributed by atoms with Crippen molar-refractivity contribution in [1.82, 2.24) is 19.7 Å². The van der Waals surface area contributed by atoms with E-state index in [1.54, 1.807) is 16.5 Å². The summed E-state index contributed by atoms with van der Waals surface area (Å²) in [6.07, 6.45) is -8.04. The van der Waals surface area contributed by atoms with E-state index in [0.29, 0.717) is 54.7 Å². The molecule has 2 fully saturated rings. The maximum absolute atomic E-state index is 13.8. The second kappa shape index (κ2) is 8.99. The third-order valence-corrected chi connectivity index (χ3v) is 8.28. The van der Waals surface area contributed by atoms with Gasteiger partial charge in [-0.2, -0.15) is 26.3 Å². The SMILES string of the molecule is O=C(c1nccs1)N1CCN(C2CN(C(=O)c3sc4cc(C(F)(F)F)ccc4c3C(F)(F)F)C2)CC1. The van der Waals surface area contributed by atoms with Crippen LogP contribution in [0.4, 0.5) is 26.3 Å². The highest BCUT2D eigenvalue weighted by atomic mass is 32.1. The van der Waals surface area contributed by atoms with Crippen LogP contribution in [0.5, 0.6) is 0 Å². The Morgan fingerprint density at radius 2 is 1.61 bits per heavy atom. The first-order valence-electron chi connectivity index (χ1n) is 10.9. The van der Waals surface area contributed by atoms with Crippen molar-refractivity contribution in [2.24, 2.45) is 0 Å². The lowest BCUT2D eigenvalue weighted by Gasteiger charge is -2.48. The van der Waals surface area contributed by atoms with Crippen LogP contribution in [0.2, 0.25) is 0 Å². The van der Waals surface area contributed by atoms with Crippen molar-refractivity contribution in [1.29, 1.82) is 0 Å². The summed E-state index contributed by atoms with van der Waals surface area (Å²) in [6, 6.07) is 1.96. The zero-order chi connectivity index (χ0) is 25.8. The lowest BCUT2D eigenvalue weighted by atomic mass is 10.0. The van der Waals surface area contributed by atoms with Gasteiger partial charge in [0.1, 0.15) is 4.88 Å². The number of aromatic nitrogens is 1. The monoisotopic (exact) mass is 548 g/mol. The average Bonchev–Trinajstić information content (AvgIpc) is 3.44. The number of thiophene rings is 1. The Morgan fingerprint density at radius 3 is 2.19 bits per heavy atom. The molecule has 0 saturated carbocycles. The van der Waals surface area contributed by atoms with Crippen LogP contribution < -0.4 is 0 Å². The van der Waals surface area contributed by atoms with Crippen molar-refractivity contribution in [3.05, 3.63) is 50.8 Å². The van der Waals surface area contributed by atoms with Gasteiger partial charge in [-0.05, 0) is 12.1 Å². The maximum Gasteiger partial charge on any atom is 0.418 e. The summed E-state index contributed by atoms with van der Waals surface area (Å²) in [6.45, 7) is 2.47. The van der Waals surface area contributed by atoms with E-state index in [9.17, 15) is 35.9 Å². The Labute approximate surface area is 208 Å². The number of halogens is 6. The fraction of sp³-hybridized carbons (Fsp3) is 0.409. The molecule has 0 bridgehead atoms. The van der Waals surface area contributed by atoms with Crippen molar-refractivity contribution in [3.63, 3.8) is 0 Å². The molecule has 0 spiro atoms. The van der Waals surface area contributed by atoms with Gasteiger partial charge in [-0.15, -0.1) is 22.7 Å². The van der Waals surface area contributed by atoms with Crippen LogP contribution in [0.1, 0.15) is 30.6 Å². The second-order valence-electron chi connectivity index (χ2n) is 8.54. The first kappa shape index (κ1) is 25.0. The van der Waals surface area contributed by atoms with Crippen molar-refractivity contribution < 1.29 is 35.9 Å². The first-order valence-corrected chi connectivity index (χ1v) is 12.6. The van der Waals surface area contributed by atoms with Gasteiger partial charge in [0.25, 0.3) is 11.8 Å². The van der Waals surface area contributed by atoms with Gasteiger partial charge in [-0.25, -0.2) is 4.98 Å². The van der Waals surface area contributed by atoms with Crippen LogP contribution in [0, 0.1) is 0 Å². The Kier molecular flexibility index (Phi) is 6.24. The number of fused-ring (bicyclic) bond motifs is 1. The van der Waals surface area contributed by atoms with Gasteiger partial charge in [-0.3, -0.25) is 14.5 Å². The normalized spacial score (nSPS) is 18.1. The van der Waals surface area contributed by atoms with Crippen molar-refractivity contribution in [2.75, 3.05) is 39.3 Å². The third-order valence-electron chi connectivity index (χ3n) is 6.38. The number of amides is 2. The Balaban J connectivity index is 1.27. The van der Waals surface area contributed by atoms with Gasteiger partial charge in [0.05, 0.1) is 11.1 Å². The van der Waals surface area contributed by atoms with Gasteiger partial charge in [-0.1, -0.05) is 6.07 Å². The smallest absolute Gasteiger partial charge is 0.335 e. The van der Waals surface area contributed by atoms with E-state index in [2.05, 4.69) is 9.88 Å². The Bertz CT molecular complexity index is 1290. The van der Waals surface area contributed by atoms with Gasteiger partial charge in [0, 0.05) is 67.0 Å². The molecule has 4 heterocycles. The molecule has 2 aromatic heterocycles. The molecule has 0 aliphatic carbocycles. The standard InChI is InChI=1S/C22H18F6N4O2S2/c23-21(24,25)12-1-2-14-15(9-12)36-17(16(14)22(26,27)28)19(33)32-10-13(11-32)30-4-6-31(7-5-30)20(34)18-29-3-8-35-18/h1-3,8-9,13H,4-7,10-11H2. The first-order chi connectivity index (χ1) is 16.9. The highest BCUT2D eigenvalue weighted by Gasteiger charge is 2.44. The minimum atomic E-state index is -4.90. The predicted molar refractivity (Wildman–Crippen MR) is 121 cm³/mol. The number of alkyl halides is 6. The fourth-order valence-electron chi connectivity index (χ4n) is 4.46. The van der Waals surface area contributed by atoms with Crippen molar-refractivity contribution in [2.45, 2.75) is 18.4 Å². The molecule has 36 heavy (non-hydrogen) atoms. The molecule has 0 radical (unpaired) electrons. The van der Waals surface area contributed by atoms with Crippen LogP contribution >= 0.6 is 22.7 Å². The molecule has 0 atom stereocenters. The van der Waals surface area contributed by atoms with Crippen LogP contribution in [0.3, 0.4) is 0 Å². The molecule has 14 heteroatoms. The van der Waals surface area contributed by atoms with Gasteiger partial charge >= 0.3 is 12.4 Å². The van der Waals surface area contributed by atoms with E-state index in [0.717, 1.165) is 6.07 Å². The van der Waals surface area contributed by atoms with Crippen LogP contribution in [-0.2, 0) is 12.4 Å². The number of piperazine rings is 1. The highest BCUT2D eigenvalue weighted by Crippen LogP contribution is 2.44. The summed E-state index contributed by atoms with van der Waals surface area (Å²) in [5.41, 5.74) is -2.26. The average molecular weight is 549 g/mol. The molecule has 2 aliphatic rings. The predicted octanol–water partition coefficient (Wildman–Crippen LogP) is 4.68. The zero-order valence-corrected chi connectivity index (χ0v) is 20.0. The number of carbonyl (C=O) groups is 2. The second-order valence-corrected chi connectivity index (χ2v) is 10.5. The van der Waals surface area contributed by atoms with E-state index in [1.165, 1.54) is 16.2 Å². The molecular weight excluding hydrogens is 530 g/mol. The molecule has 192 valence electrons. The molecule has 1 aromatic carbocycles. The summed E-state index contributed by atoms with van der Waals surface area (Å²) < 4.78 is 80.4. The van der Waals surface area contributed by atoms with Crippen molar-refractivity contribution in [3.8, 4) is 0 Å². The lowest BCUT2D eigenvalue weighted by Crippen LogP contribution is -2.64. The minimum absolute atomic E-state index is 0.0633. The number of rotatable bonds is 3. The zero-order valence-electron chi connectivity index (χ0n) is 18.4. The molecular formula is C22H18F6N4O2S2. The third kappa shape index (κ3) is 4.57. The molecule has 2 saturated heterocycles. The number of thiazole rings is 1. The van der Waals surface area contributed by atoms with Gasteiger partial charge < -0.3 is 9.80 Å². The molecule has 0 N–H and O–H groups in total. The van der Waals surface area contributed by atoms with Crippen molar-refractivity contribution >= 4 is 44.6 Å². The van der Waals surface area contributed by atoms with Crippen LogP contribution in [0.25, 0.3) is 10.1 Å². The van der Waals surface area contributed by atoms with Gasteiger partial charge in [0.15, 0.2) is 5.01 Å². The van der Waals surface area contributed by atoms with Gasteiger partial charge in [0.2, 0.25) is 0 Å². The Morgan fingerprint density at radius 1 is 0.917 bits per heavy atom. The number of likely N-dealkylation sites (tertiary alicyclic amines) is 1. The van der Waals surface area contributed by atoms with E-state index in [1.807, 2.05) is 0 Å². The molecule has 2 amide bonds. The summed E-state index contributed by atoms with van der Waals surface area (Å²) in [4.78, 5) is 33.9. The number of carbonyl (C=O) groups excluding carboxylic acids is 2. The topological polar surface area (TPSA) is 56.8 Å². The fourth-order valence-corrected chi connectivity index (χ4v) is 6.29. The van der Waals surface area contributed by atoms with E-state index < -0.39 is 39.7 Å². The Hall–Kier alpha value is -2.71. The highest BCUT2D eigenvalue weighted by molar-refractivity contribution is 7.21. The molecule has 0 unspecified atom stereocenters. The summed E-state index contributed by atoms with van der Waals surface area (Å²) >= 11 is 1.69. The summed E-state index contributed by atoms with van der Waals surface area (Å²) in [5.74, 6) is -0.987. The maximum atomic E-state index is 13.8. The summed E-state index contributed by atoms with van der Waals surface area (Å²) in [7, 11) is 0. The number of nitrogens with zero attached hydrogens (tertiary/aromatic N) is 4. The quantitative estimate of drug-likeness (QED) is 0.447. The lowest BCUT2D eigenvalue weighted by molar-refractivity contribution is -0.137. The number of benzene rings is 1. The molecule has 5 rings (SSSR count). The summed E-state index contributed by atoms with van der Waals surface area (Å²) in [5, 5.41) is 1.72. The molecule has 6 nitrogen and oxygen atoms in total. The van der Waals surface area contributed by atoms with E-state index in [-0.39, 0.29) is 29.7 Å².